The van der Waals surface area contributed by atoms with Gasteiger partial charge < -0.3 is 26.4 Å². The van der Waals surface area contributed by atoms with Crippen LogP contribution < -0.4 is 16.4 Å². The molecule has 19 heteroatoms. The van der Waals surface area contributed by atoms with Gasteiger partial charge in [0, 0.05) is 42.2 Å². The molecule has 0 bridgehead atoms. The van der Waals surface area contributed by atoms with E-state index in [1.165, 1.54) is 53.9 Å². The molecule has 2 aromatic rings. The van der Waals surface area contributed by atoms with Crippen LogP contribution in [0.4, 0.5) is 5.69 Å². The van der Waals surface area contributed by atoms with E-state index in [1.54, 1.807) is 0 Å². The fourth-order valence-electron chi connectivity index (χ4n) is 7.45. The Bertz CT molecular complexity index is 1690. The maximum Gasteiger partial charge on any atom is 0.287 e. The smallest absolute Gasteiger partial charge is 0.287 e. The molecule has 2 saturated heterocycles. The van der Waals surface area contributed by atoms with Gasteiger partial charge in [0.05, 0.1) is 22.9 Å². The van der Waals surface area contributed by atoms with Crippen molar-refractivity contribution in [3.8, 4) is 0 Å². The molecule has 52 heavy (non-hydrogen) atoms. The minimum atomic E-state index is -3.05. The Hall–Kier alpha value is -4.46. The molecule has 1 aliphatic carbocycles. The van der Waals surface area contributed by atoms with Gasteiger partial charge in [0.15, 0.2) is 0 Å². The van der Waals surface area contributed by atoms with E-state index in [1.807, 2.05) is 0 Å². The van der Waals surface area contributed by atoms with Gasteiger partial charge in [-0.1, -0.05) is 37.3 Å². The lowest BCUT2D eigenvalue weighted by atomic mass is 9.84. The van der Waals surface area contributed by atoms with Crippen molar-refractivity contribution in [2.24, 2.45) is 11.7 Å². The summed E-state index contributed by atoms with van der Waals surface area (Å²) in [6, 6.07) is 1.87. The van der Waals surface area contributed by atoms with E-state index in [0.717, 1.165) is 32.1 Å². The molecule has 2 aliphatic heterocycles. The van der Waals surface area contributed by atoms with Gasteiger partial charge in [0.1, 0.15) is 23.2 Å². The second-order valence-corrected chi connectivity index (χ2v) is 17.0. The molecule has 3 fully saturated rings. The van der Waals surface area contributed by atoms with Gasteiger partial charge in [-0.2, -0.15) is 10.6 Å². The number of ketones is 1. The summed E-state index contributed by atoms with van der Waals surface area (Å²) in [5.74, 6) is -4.88. The van der Waals surface area contributed by atoms with Crippen LogP contribution in [0, 0.1) is 16.0 Å². The number of amides is 4. The molecule has 5 rings (SSSR count). The molecule has 4 amide bonds. The molecule has 0 radical (unpaired) electrons. The number of hydrogen-bond donors (Lipinski definition) is 6. The first kappa shape index (κ1) is 38.8. The van der Waals surface area contributed by atoms with E-state index < -0.39 is 74.2 Å². The summed E-state index contributed by atoms with van der Waals surface area (Å²) in [4.78, 5) is 79.7. The van der Waals surface area contributed by atoms with Crippen molar-refractivity contribution < 1.29 is 43.1 Å². The Morgan fingerprint density at radius 3 is 2.31 bits per heavy atom. The van der Waals surface area contributed by atoms with Gasteiger partial charge in [-0.25, -0.2) is 4.68 Å². The molecule has 3 aliphatic rings. The quantitative estimate of drug-likeness (QED) is 0.103. The number of Topliss-reactive ketones (excluding diaryl/α,β-unsaturated/α-hetero) is 1. The lowest BCUT2D eigenvalue weighted by molar-refractivity contribution is -0.384. The van der Waals surface area contributed by atoms with Crippen molar-refractivity contribution in [3.63, 3.8) is 0 Å². The van der Waals surface area contributed by atoms with Crippen molar-refractivity contribution in [2.75, 3.05) is 18.1 Å². The fraction of sp³-hybridized carbons (Fsp3) is 0.606. The van der Waals surface area contributed by atoms with Crippen LogP contribution in [0.3, 0.4) is 0 Å². The van der Waals surface area contributed by atoms with Gasteiger partial charge in [-0.05, 0) is 51.2 Å². The third-order valence-corrected chi connectivity index (χ3v) is 12.1. The number of likely N-dealkylation sites (tertiary alicyclic amines) is 1. The summed E-state index contributed by atoms with van der Waals surface area (Å²) in [7, 11) is -3.05. The van der Waals surface area contributed by atoms with Crippen molar-refractivity contribution in [1.82, 2.24) is 30.5 Å². The average Bonchev–Trinajstić information content (AvgIpc) is 3.77. The number of nitrogens with two attached hydrogens (primary N) is 1. The number of rotatable bonds is 12. The standard InChI is InChI=1S/C33H46N8O10S/c1-32(2,47)26-18-35-38-40(26)23-17-25(30(45)37-33(27(42)28(34)43)12-14-52(50,51)15-13-33)39(19-23)31(46)24(16-20-6-4-3-5-7-20)36-29(44)21-8-10-22(11-9-21)41(48)49/h8-11,18,20,23-25,47,50-51H,3-7,12-17,19H2,1-2H3,(H2,34,43)(H,36,44)(H,37,45)/t23-,24+,25-/m0/s1. The summed E-state index contributed by atoms with van der Waals surface area (Å²) in [5.41, 5.74) is 2.33. The maximum atomic E-state index is 14.7. The number of aliphatic hydroxyl groups is 1. The van der Waals surface area contributed by atoms with Crippen LogP contribution in [0.25, 0.3) is 0 Å². The van der Waals surface area contributed by atoms with Crippen LogP contribution in [0.2, 0.25) is 0 Å². The molecule has 3 heterocycles. The summed E-state index contributed by atoms with van der Waals surface area (Å²) in [5, 5.41) is 35.6. The van der Waals surface area contributed by atoms with Crippen LogP contribution in [-0.2, 0) is 24.8 Å². The molecular formula is C33H46N8O10S. The largest absolute Gasteiger partial charge is 0.384 e. The van der Waals surface area contributed by atoms with Gasteiger partial charge in [-0.15, -0.1) is 5.10 Å². The third kappa shape index (κ3) is 8.59. The first-order valence-corrected chi connectivity index (χ1v) is 19.2. The predicted octanol–water partition coefficient (Wildman–Crippen LogP) is 1.78. The van der Waals surface area contributed by atoms with E-state index in [0.29, 0.717) is 5.69 Å². The van der Waals surface area contributed by atoms with Crippen LogP contribution >= 0.6 is 10.6 Å². The summed E-state index contributed by atoms with van der Waals surface area (Å²) >= 11 is 0. The molecular weight excluding hydrogens is 700 g/mol. The summed E-state index contributed by atoms with van der Waals surface area (Å²) in [6.45, 7) is 2.96. The SMILES string of the molecule is CC(C)(O)c1cnnn1[C@H]1C[C@@H](C(=O)NC2(C(=O)C(N)=O)CCS(O)(O)CC2)N(C(=O)[C@@H](CC2CCCCC2)NC(=O)c2ccc([N+](=O)[O-])cc2)C1. The van der Waals surface area contributed by atoms with Crippen LogP contribution in [0.5, 0.6) is 0 Å². The number of aromatic nitrogens is 3. The van der Waals surface area contributed by atoms with Crippen molar-refractivity contribution >= 4 is 45.7 Å². The number of carbonyl (C=O) groups is 5. The monoisotopic (exact) mass is 746 g/mol. The highest BCUT2D eigenvalue weighted by molar-refractivity contribution is 8.24. The van der Waals surface area contributed by atoms with Crippen LogP contribution in [0.15, 0.2) is 30.5 Å². The zero-order valence-corrected chi connectivity index (χ0v) is 29.9. The van der Waals surface area contributed by atoms with Gasteiger partial charge in [0.25, 0.3) is 17.5 Å². The highest BCUT2D eigenvalue weighted by atomic mass is 32.3. The van der Waals surface area contributed by atoms with Crippen molar-refractivity contribution in [2.45, 2.75) is 101 Å². The minimum absolute atomic E-state index is 0.0491. The fourth-order valence-corrected chi connectivity index (χ4v) is 9.01. The minimum Gasteiger partial charge on any atom is -0.384 e. The molecule has 284 valence electrons. The van der Waals surface area contributed by atoms with E-state index >= 15 is 0 Å². The van der Waals surface area contributed by atoms with Crippen LogP contribution in [-0.4, -0.2) is 104 Å². The zero-order valence-electron chi connectivity index (χ0n) is 29.1. The van der Waals surface area contributed by atoms with E-state index in [4.69, 9.17) is 5.73 Å². The number of carbonyl (C=O) groups excluding carboxylic acids is 5. The molecule has 1 aromatic carbocycles. The number of nitrogens with one attached hydrogen (secondary N) is 2. The Kier molecular flexibility index (Phi) is 11.4. The van der Waals surface area contributed by atoms with E-state index in [2.05, 4.69) is 20.9 Å². The molecule has 1 aromatic heterocycles. The van der Waals surface area contributed by atoms with Crippen molar-refractivity contribution in [1.29, 1.82) is 0 Å². The van der Waals surface area contributed by atoms with E-state index in [-0.39, 0.29) is 60.9 Å². The summed E-state index contributed by atoms with van der Waals surface area (Å²) in [6.07, 6.45) is 5.64. The lowest BCUT2D eigenvalue weighted by Crippen LogP contribution is -2.64. The second-order valence-electron chi connectivity index (χ2n) is 14.6. The normalized spacial score (nSPS) is 22.9. The van der Waals surface area contributed by atoms with Gasteiger partial charge in [0.2, 0.25) is 17.6 Å². The predicted molar refractivity (Wildman–Crippen MR) is 187 cm³/mol. The van der Waals surface area contributed by atoms with Crippen molar-refractivity contribution in [3.05, 3.63) is 51.8 Å². The topological polar surface area (TPSA) is 273 Å². The average molecular weight is 747 g/mol. The number of nitrogens with zero attached hydrogens (tertiary/aromatic N) is 5. The molecule has 1 saturated carbocycles. The Morgan fingerprint density at radius 2 is 1.73 bits per heavy atom. The number of primary amides is 1. The molecule has 7 N–H and O–H groups in total. The summed E-state index contributed by atoms with van der Waals surface area (Å²) < 4.78 is 21.9. The van der Waals surface area contributed by atoms with Gasteiger partial charge in [-0.3, -0.25) is 43.2 Å². The highest BCUT2D eigenvalue weighted by Gasteiger charge is 2.50. The number of non-ortho nitro benzene ring substituents is 1. The van der Waals surface area contributed by atoms with E-state index in [9.17, 15) is 48.3 Å². The Morgan fingerprint density at radius 1 is 1.10 bits per heavy atom. The first-order valence-electron chi connectivity index (χ1n) is 17.3. The zero-order chi connectivity index (χ0) is 38.0. The maximum absolute atomic E-state index is 14.7. The molecule has 0 unspecified atom stereocenters. The van der Waals surface area contributed by atoms with Crippen LogP contribution in [0.1, 0.15) is 93.7 Å². The third-order valence-electron chi connectivity index (χ3n) is 10.4. The Balaban J connectivity index is 1.49. The highest BCUT2D eigenvalue weighted by Crippen LogP contribution is 2.47. The number of nitro benzene ring substituents is 1. The molecule has 0 spiro atoms. The molecule has 3 atom stereocenters. The number of nitro groups is 1. The second kappa shape index (κ2) is 15.3. The number of benzene rings is 1. The Labute approximate surface area is 301 Å². The lowest BCUT2D eigenvalue weighted by Gasteiger charge is -2.45. The van der Waals surface area contributed by atoms with Gasteiger partial charge >= 0.3 is 0 Å². The first-order chi connectivity index (χ1) is 24.4. The number of hydrogen-bond acceptors (Lipinski definition) is 12. The molecule has 18 nitrogen and oxygen atoms in total.